The quantitative estimate of drug-likeness (QED) is 0.775. The molecule has 6 heteroatoms. The van der Waals surface area contributed by atoms with E-state index in [2.05, 4.69) is 4.98 Å². The molecule has 1 aliphatic heterocycles. The van der Waals surface area contributed by atoms with Gasteiger partial charge >= 0.3 is 0 Å². The minimum atomic E-state index is -0.724. The minimum Gasteiger partial charge on any atom is -0.389 e. The lowest BCUT2D eigenvalue weighted by Gasteiger charge is -2.14. The highest BCUT2D eigenvalue weighted by Crippen LogP contribution is 2.13. The van der Waals surface area contributed by atoms with E-state index >= 15 is 0 Å². The Hall–Kier alpha value is -1.76. The molecular weight excluding hydrogens is 258 g/mol. The van der Waals surface area contributed by atoms with Crippen molar-refractivity contribution >= 4 is 5.65 Å². The number of likely N-dealkylation sites (tertiary alicyclic amines) is 1. The van der Waals surface area contributed by atoms with Crippen LogP contribution in [0.2, 0.25) is 0 Å². The van der Waals surface area contributed by atoms with Crippen LogP contribution < -0.4 is 5.56 Å². The van der Waals surface area contributed by atoms with Gasteiger partial charge in [-0.3, -0.25) is 14.1 Å². The SMILES string of the molecule is Cc1cccn2c(=O)cc(CN3C[C@@H](O)[C@@H](O)C3)nc12. The number of hydrogen-bond donors (Lipinski definition) is 2. The molecule has 3 rings (SSSR count). The normalized spacial score (nSPS) is 23.6. The molecule has 1 aliphatic rings. The first kappa shape index (κ1) is 13.2. The summed E-state index contributed by atoms with van der Waals surface area (Å²) in [6, 6.07) is 5.23. The summed E-state index contributed by atoms with van der Waals surface area (Å²) in [5.74, 6) is 0. The van der Waals surface area contributed by atoms with Gasteiger partial charge in [0, 0.05) is 31.9 Å². The summed E-state index contributed by atoms with van der Waals surface area (Å²) < 4.78 is 1.52. The summed E-state index contributed by atoms with van der Waals surface area (Å²) in [7, 11) is 0. The molecule has 0 aliphatic carbocycles. The summed E-state index contributed by atoms with van der Waals surface area (Å²) >= 11 is 0. The van der Waals surface area contributed by atoms with Gasteiger partial charge in [0.05, 0.1) is 17.9 Å². The number of fused-ring (bicyclic) bond motifs is 1. The molecule has 20 heavy (non-hydrogen) atoms. The zero-order valence-electron chi connectivity index (χ0n) is 11.2. The second-order valence-corrected chi connectivity index (χ2v) is 5.30. The number of aliphatic hydroxyl groups is 2. The molecule has 0 amide bonds. The van der Waals surface area contributed by atoms with Crippen LogP contribution in [0.4, 0.5) is 0 Å². The number of rotatable bonds is 2. The number of aryl methyl sites for hydroxylation is 1. The lowest BCUT2D eigenvalue weighted by atomic mass is 10.3. The molecule has 2 N–H and O–H groups in total. The number of nitrogens with zero attached hydrogens (tertiary/aromatic N) is 3. The number of β-amino-alcohol motifs (C(OH)–C–C–N with tert-alkyl or cyclic N) is 2. The van der Waals surface area contributed by atoms with Crippen LogP contribution in [-0.4, -0.2) is 49.8 Å². The van der Waals surface area contributed by atoms with E-state index in [9.17, 15) is 15.0 Å². The van der Waals surface area contributed by atoms with Gasteiger partial charge < -0.3 is 10.2 Å². The molecule has 0 saturated carbocycles. The van der Waals surface area contributed by atoms with Crippen LogP contribution in [0.15, 0.2) is 29.2 Å². The average Bonchev–Trinajstić information content (AvgIpc) is 2.70. The van der Waals surface area contributed by atoms with Gasteiger partial charge in [-0.15, -0.1) is 0 Å². The molecule has 2 aromatic heterocycles. The van der Waals surface area contributed by atoms with Crippen LogP contribution in [-0.2, 0) is 6.54 Å². The summed E-state index contributed by atoms with van der Waals surface area (Å²) in [6.45, 7) is 3.16. The summed E-state index contributed by atoms with van der Waals surface area (Å²) in [4.78, 5) is 18.5. The van der Waals surface area contributed by atoms with Crippen molar-refractivity contribution in [2.45, 2.75) is 25.7 Å². The van der Waals surface area contributed by atoms with Gasteiger partial charge in [-0.05, 0) is 18.6 Å². The highest BCUT2D eigenvalue weighted by molar-refractivity contribution is 5.46. The van der Waals surface area contributed by atoms with Crippen molar-refractivity contribution in [2.24, 2.45) is 0 Å². The molecule has 106 valence electrons. The van der Waals surface area contributed by atoms with Crippen molar-refractivity contribution < 1.29 is 10.2 Å². The fourth-order valence-corrected chi connectivity index (χ4v) is 2.59. The first-order chi connectivity index (χ1) is 9.54. The smallest absolute Gasteiger partial charge is 0.258 e. The van der Waals surface area contributed by atoms with Crippen molar-refractivity contribution in [3.63, 3.8) is 0 Å². The van der Waals surface area contributed by atoms with Gasteiger partial charge in [0.15, 0.2) is 0 Å². The molecule has 0 aromatic carbocycles. The molecular formula is C14H17N3O3. The third-order valence-corrected chi connectivity index (χ3v) is 3.66. The third-order valence-electron chi connectivity index (χ3n) is 3.66. The van der Waals surface area contributed by atoms with Crippen LogP contribution in [0, 0.1) is 6.92 Å². The Kier molecular flexibility index (Phi) is 3.29. The van der Waals surface area contributed by atoms with Crippen LogP contribution >= 0.6 is 0 Å². The molecule has 0 spiro atoms. The van der Waals surface area contributed by atoms with Gasteiger partial charge in [0.25, 0.3) is 5.56 Å². The van der Waals surface area contributed by atoms with E-state index in [0.717, 1.165) is 5.56 Å². The van der Waals surface area contributed by atoms with Crippen molar-refractivity contribution in [3.05, 3.63) is 46.0 Å². The van der Waals surface area contributed by atoms with E-state index in [-0.39, 0.29) is 5.56 Å². The fraction of sp³-hybridized carbons (Fsp3) is 0.429. The Morgan fingerprint density at radius 2 is 2.05 bits per heavy atom. The number of aromatic nitrogens is 2. The van der Waals surface area contributed by atoms with Crippen LogP contribution in [0.25, 0.3) is 5.65 Å². The van der Waals surface area contributed by atoms with E-state index in [4.69, 9.17) is 0 Å². The fourth-order valence-electron chi connectivity index (χ4n) is 2.59. The van der Waals surface area contributed by atoms with Gasteiger partial charge in [-0.25, -0.2) is 4.98 Å². The molecule has 1 saturated heterocycles. The van der Waals surface area contributed by atoms with Crippen LogP contribution in [0.3, 0.4) is 0 Å². The molecule has 1 fully saturated rings. The Bertz CT molecular complexity index is 688. The number of pyridine rings is 1. The first-order valence-corrected chi connectivity index (χ1v) is 6.61. The first-order valence-electron chi connectivity index (χ1n) is 6.61. The Morgan fingerprint density at radius 1 is 1.35 bits per heavy atom. The predicted octanol–water partition coefficient (Wildman–Crippen LogP) is -0.460. The Balaban J connectivity index is 1.93. The van der Waals surface area contributed by atoms with Crippen molar-refractivity contribution in [1.29, 1.82) is 0 Å². The monoisotopic (exact) mass is 275 g/mol. The van der Waals surface area contributed by atoms with E-state index in [1.165, 1.54) is 10.5 Å². The van der Waals surface area contributed by atoms with Gasteiger partial charge in [0.2, 0.25) is 0 Å². The highest BCUT2D eigenvalue weighted by Gasteiger charge is 2.29. The zero-order chi connectivity index (χ0) is 14.3. The Morgan fingerprint density at radius 3 is 2.75 bits per heavy atom. The van der Waals surface area contributed by atoms with Crippen LogP contribution in [0.5, 0.6) is 0 Å². The molecule has 6 nitrogen and oxygen atoms in total. The molecule has 0 unspecified atom stereocenters. The molecule has 0 radical (unpaired) electrons. The highest BCUT2D eigenvalue weighted by atomic mass is 16.3. The second kappa shape index (κ2) is 4.97. The minimum absolute atomic E-state index is 0.117. The predicted molar refractivity (Wildman–Crippen MR) is 73.5 cm³/mol. The van der Waals surface area contributed by atoms with E-state index < -0.39 is 12.2 Å². The summed E-state index contributed by atoms with van der Waals surface area (Å²) in [6.07, 6.45) is 0.252. The van der Waals surface area contributed by atoms with Gasteiger partial charge in [-0.1, -0.05) is 6.07 Å². The van der Waals surface area contributed by atoms with Crippen molar-refractivity contribution in [2.75, 3.05) is 13.1 Å². The maximum Gasteiger partial charge on any atom is 0.258 e. The van der Waals surface area contributed by atoms with Crippen molar-refractivity contribution in [1.82, 2.24) is 14.3 Å². The van der Waals surface area contributed by atoms with Gasteiger partial charge in [-0.2, -0.15) is 0 Å². The molecule has 2 atom stereocenters. The zero-order valence-corrected chi connectivity index (χ0v) is 11.2. The molecule has 0 bridgehead atoms. The Labute approximate surface area is 115 Å². The molecule has 3 heterocycles. The molecule has 2 aromatic rings. The van der Waals surface area contributed by atoms with Crippen molar-refractivity contribution in [3.8, 4) is 0 Å². The topological polar surface area (TPSA) is 78.1 Å². The summed E-state index contributed by atoms with van der Waals surface area (Å²) in [5, 5.41) is 19.1. The largest absolute Gasteiger partial charge is 0.389 e. The lowest BCUT2D eigenvalue weighted by molar-refractivity contribution is 0.0572. The summed E-state index contributed by atoms with van der Waals surface area (Å²) in [5.41, 5.74) is 2.13. The van der Waals surface area contributed by atoms with E-state index in [1.807, 2.05) is 24.0 Å². The number of hydrogen-bond acceptors (Lipinski definition) is 5. The second-order valence-electron chi connectivity index (χ2n) is 5.30. The van der Waals surface area contributed by atoms with Gasteiger partial charge in [0.1, 0.15) is 5.65 Å². The van der Waals surface area contributed by atoms with Crippen LogP contribution in [0.1, 0.15) is 11.3 Å². The average molecular weight is 275 g/mol. The standard InChI is InChI=1S/C14H17N3O3/c1-9-3-2-4-17-13(20)5-10(15-14(9)17)6-16-7-11(18)12(19)8-16/h2-5,11-12,18-19H,6-8H2,1H3/t11-,12+. The lowest BCUT2D eigenvalue weighted by Crippen LogP contribution is -2.24. The van der Waals surface area contributed by atoms with E-state index in [0.29, 0.717) is 31.0 Å². The third kappa shape index (κ3) is 2.33. The maximum atomic E-state index is 12.1. The number of aliphatic hydroxyl groups excluding tert-OH is 2. The van der Waals surface area contributed by atoms with E-state index in [1.54, 1.807) is 6.20 Å². The maximum absolute atomic E-state index is 12.1.